The van der Waals surface area contributed by atoms with Crippen LogP contribution in [0.25, 0.3) is 0 Å². The van der Waals surface area contributed by atoms with Crippen molar-refractivity contribution in [2.45, 2.75) is 29.9 Å². The molecule has 0 aliphatic carbocycles. The minimum atomic E-state index is -1.07. The van der Waals surface area contributed by atoms with E-state index < -0.39 is 10.8 Å². The topological polar surface area (TPSA) is 76.9 Å². The lowest BCUT2D eigenvalue weighted by molar-refractivity contribution is -0.113. The number of nitrogens with one attached hydrogen (secondary N) is 1. The maximum Gasteiger partial charge on any atom is 0.234 e. The third kappa shape index (κ3) is 4.41. The van der Waals surface area contributed by atoms with Crippen LogP contribution in [-0.4, -0.2) is 36.9 Å². The normalized spacial score (nSPS) is 12.4. The summed E-state index contributed by atoms with van der Waals surface area (Å²) in [6, 6.07) is 7.28. The van der Waals surface area contributed by atoms with E-state index in [0.717, 1.165) is 0 Å². The van der Waals surface area contributed by atoms with Gasteiger partial charge >= 0.3 is 0 Å². The number of aromatic nitrogens is 3. The summed E-state index contributed by atoms with van der Waals surface area (Å²) in [7, 11) is -1.07. The summed E-state index contributed by atoms with van der Waals surface area (Å²) in [5.74, 6) is 0.104. The molecule has 0 aliphatic heterocycles. The Hall–Kier alpha value is -1.67. The minimum Gasteiger partial charge on any atom is -0.325 e. The van der Waals surface area contributed by atoms with Gasteiger partial charge in [-0.3, -0.25) is 9.00 Å². The van der Waals surface area contributed by atoms with Crippen LogP contribution >= 0.6 is 11.8 Å². The number of thioether (sulfide) groups is 1. The Balaban J connectivity index is 1.94. The predicted molar refractivity (Wildman–Crippen MR) is 88.5 cm³/mol. The van der Waals surface area contributed by atoms with E-state index >= 15 is 0 Å². The first-order valence-corrected chi connectivity index (χ1v) is 9.27. The highest BCUT2D eigenvalue weighted by Gasteiger charge is 2.11. The van der Waals surface area contributed by atoms with E-state index in [1.807, 2.05) is 18.4 Å². The van der Waals surface area contributed by atoms with E-state index in [4.69, 9.17) is 0 Å². The quantitative estimate of drug-likeness (QED) is 0.818. The maximum absolute atomic E-state index is 12.0. The number of rotatable bonds is 6. The van der Waals surface area contributed by atoms with Gasteiger partial charge in [-0.15, -0.1) is 10.2 Å². The number of benzene rings is 1. The molecule has 2 aromatic rings. The molecule has 1 aromatic heterocycles. The zero-order chi connectivity index (χ0) is 16.1. The first-order chi connectivity index (χ1) is 10.5. The highest BCUT2D eigenvalue weighted by atomic mass is 32.2. The average Bonchev–Trinajstić information content (AvgIpc) is 2.94. The number of amides is 1. The molecule has 8 heteroatoms. The molecule has 1 N–H and O–H groups in total. The molecule has 0 aliphatic rings. The lowest BCUT2D eigenvalue weighted by atomic mass is 10.3. The summed E-state index contributed by atoms with van der Waals surface area (Å²) in [4.78, 5) is 12.7. The van der Waals surface area contributed by atoms with Crippen LogP contribution in [0.15, 0.2) is 40.6 Å². The van der Waals surface area contributed by atoms with Crippen LogP contribution in [0.1, 0.15) is 19.9 Å². The Bertz CT molecular complexity index is 685. The molecule has 1 atom stereocenters. The van der Waals surface area contributed by atoms with Crippen molar-refractivity contribution in [2.24, 2.45) is 0 Å². The molecule has 0 saturated carbocycles. The van der Waals surface area contributed by atoms with Crippen molar-refractivity contribution in [3.63, 3.8) is 0 Å². The summed E-state index contributed by atoms with van der Waals surface area (Å²) < 4.78 is 13.4. The number of anilines is 1. The van der Waals surface area contributed by atoms with Crippen LogP contribution in [0.4, 0.5) is 5.69 Å². The van der Waals surface area contributed by atoms with Crippen LogP contribution < -0.4 is 5.32 Å². The smallest absolute Gasteiger partial charge is 0.234 e. The molecule has 1 heterocycles. The number of nitrogens with zero attached hydrogens (tertiary/aromatic N) is 3. The molecule has 0 bridgehead atoms. The van der Waals surface area contributed by atoms with Crippen LogP contribution in [0.3, 0.4) is 0 Å². The van der Waals surface area contributed by atoms with E-state index in [9.17, 15) is 9.00 Å². The lowest BCUT2D eigenvalue weighted by Gasteiger charge is -2.09. The van der Waals surface area contributed by atoms with E-state index in [1.165, 1.54) is 11.8 Å². The van der Waals surface area contributed by atoms with Crippen molar-refractivity contribution in [1.29, 1.82) is 0 Å². The van der Waals surface area contributed by atoms with Gasteiger partial charge in [0.1, 0.15) is 6.33 Å². The standard InChI is InChI=1S/C14H18N4O2S2/c1-10(2)18-9-15-17-14(18)21-8-13(19)16-11-5-4-6-12(7-11)22(3)20/h4-7,9-10H,8H2,1-3H3,(H,16,19). The molecule has 1 aromatic carbocycles. The molecule has 0 spiro atoms. The first kappa shape index (κ1) is 16.7. The van der Waals surface area contributed by atoms with Gasteiger partial charge in [0.15, 0.2) is 5.16 Å². The molecule has 118 valence electrons. The summed E-state index contributed by atoms with van der Waals surface area (Å²) >= 11 is 1.34. The number of hydrogen-bond acceptors (Lipinski definition) is 5. The van der Waals surface area contributed by atoms with Gasteiger partial charge in [-0.2, -0.15) is 0 Å². The summed E-state index contributed by atoms with van der Waals surface area (Å²) in [5.41, 5.74) is 0.642. The summed E-state index contributed by atoms with van der Waals surface area (Å²) in [5, 5.41) is 11.4. The second-order valence-electron chi connectivity index (χ2n) is 4.93. The van der Waals surface area contributed by atoms with Gasteiger partial charge in [-0.25, -0.2) is 0 Å². The number of hydrogen-bond donors (Lipinski definition) is 1. The Kier molecular flexibility index (Phi) is 5.73. The molecule has 0 fully saturated rings. The van der Waals surface area contributed by atoms with Gasteiger partial charge in [0.2, 0.25) is 5.91 Å². The lowest BCUT2D eigenvalue weighted by Crippen LogP contribution is -2.15. The molecule has 22 heavy (non-hydrogen) atoms. The first-order valence-electron chi connectivity index (χ1n) is 6.73. The molecule has 0 saturated heterocycles. The second kappa shape index (κ2) is 7.55. The van der Waals surface area contributed by atoms with Crippen molar-refractivity contribution in [3.05, 3.63) is 30.6 Å². The fraction of sp³-hybridized carbons (Fsp3) is 0.357. The van der Waals surface area contributed by atoms with Crippen LogP contribution in [0.2, 0.25) is 0 Å². The Labute approximate surface area is 136 Å². The molecular weight excluding hydrogens is 320 g/mol. The Morgan fingerprint density at radius 3 is 2.91 bits per heavy atom. The fourth-order valence-electron chi connectivity index (χ4n) is 1.77. The summed E-state index contributed by atoms with van der Waals surface area (Å²) in [6.45, 7) is 4.06. The van der Waals surface area contributed by atoms with Gasteiger partial charge in [0, 0.05) is 33.7 Å². The highest BCUT2D eigenvalue weighted by Crippen LogP contribution is 2.19. The van der Waals surface area contributed by atoms with Gasteiger partial charge in [0.05, 0.1) is 5.75 Å². The van der Waals surface area contributed by atoms with Crippen molar-refractivity contribution < 1.29 is 9.00 Å². The largest absolute Gasteiger partial charge is 0.325 e. The third-order valence-electron chi connectivity index (χ3n) is 2.88. The Morgan fingerprint density at radius 1 is 1.45 bits per heavy atom. The average molecular weight is 338 g/mol. The van der Waals surface area contributed by atoms with Gasteiger partial charge in [-0.1, -0.05) is 17.8 Å². The zero-order valence-electron chi connectivity index (χ0n) is 12.6. The minimum absolute atomic E-state index is 0.137. The van der Waals surface area contributed by atoms with Crippen LogP contribution in [-0.2, 0) is 15.6 Å². The van der Waals surface area contributed by atoms with Crippen molar-refractivity contribution >= 4 is 34.2 Å². The second-order valence-corrected chi connectivity index (χ2v) is 7.26. The number of carbonyl (C=O) groups is 1. The van der Waals surface area contributed by atoms with Gasteiger partial charge in [0.25, 0.3) is 0 Å². The molecular formula is C14H18N4O2S2. The van der Waals surface area contributed by atoms with E-state index in [0.29, 0.717) is 15.7 Å². The van der Waals surface area contributed by atoms with E-state index in [1.54, 1.807) is 36.8 Å². The van der Waals surface area contributed by atoms with E-state index in [2.05, 4.69) is 15.5 Å². The molecule has 6 nitrogen and oxygen atoms in total. The monoisotopic (exact) mass is 338 g/mol. The van der Waals surface area contributed by atoms with Crippen molar-refractivity contribution in [2.75, 3.05) is 17.3 Å². The highest BCUT2D eigenvalue weighted by molar-refractivity contribution is 7.99. The van der Waals surface area contributed by atoms with E-state index in [-0.39, 0.29) is 17.7 Å². The third-order valence-corrected chi connectivity index (χ3v) is 4.75. The maximum atomic E-state index is 12.0. The van der Waals surface area contributed by atoms with Gasteiger partial charge < -0.3 is 9.88 Å². The Morgan fingerprint density at radius 2 is 2.23 bits per heavy atom. The van der Waals surface area contributed by atoms with Crippen LogP contribution in [0, 0.1) is 0 Å². The SMILES string of the molecule is CC(C)n1cnnc1SCC(=O)Nc1cccc(S(C)=O)c1. The molecule has 1 unspecified atom stereocenters. The van der Waals surface area contributed by atoms with Crippen LogP contribution in [0.5, 0.6) is 0 Å². The predicted octanol–water partition coefficient (Wildman–Crippen LogP) is 2.33. The number of carbonyl (C=O) groups excluding carboxylic acids is 1. The molecule has 1 amide bonds. The molecule has 2 rings (SSSR count). The van der Waals surface area contributed by atoms with Crippen molar-refractivity contribution in [1.82, 2.24) is 14.8 Å². The molecule has 0 radical (unpaired) electrons. The van der Waals surface area contributed by atoms with Gasteiger partial charge in [-0.05, 0) is 32.0 Å². The fourth-order valence-corrected chi connectivity index (χ4v) is 3.18. The van der Waals surface area contributed by atoms with Crippen molar-refractivity contribution in [3.8, 4) is 0 Å². The summed E-state index contributed by atoms with van der Waals surface area (Å²) in [6.07, 6.45) is 3.26. The zero-order valence-corrected chi connectivity index (χ0v) is 14.3.